The van der Waals surface area contributed by atoms with E-state index in [1.165, 1.54) is 24.8 Å². The van der Waals surface area contributed by atoms with Crippen LogP contribution in [-0.4, -0.2) is 12.8 Å². The fourth-order valence-electron chi connectivity index (χ4n) is 2.26. The van der Waals surface area contributed by atoms with E-state index < -0.39 is 5.97 Å². The molecule has 132 valence electrons. The number of hydrogen-bond donors (Lipinski definition) is 0. The summed E-state index contributed by atoms with van der Waals surface area (Å²) in [6, 6.07) is 14.8. The third kappa shape index (κ3) is 6.71. The largest absolute Gasteiger partial charge is 0.458 e. The number of carbonyl (C=O) groups is 1. The first-order valence-electron chi connectivity index (χ1n) is 8.50. The number of esters is 1. The highest BCUT2D eigenvalue weighted by Crippen LogP contribution is 2.19. The number of benzene rings is 2. The number of ether oxygens (including phenoxy) is 3. The van der Waals surface area contributed by atoms with E-state index in [9.17, 15) is 4.79 Å². The summed E-state index contributed by atoms with van der Waals surface area (Å²) in [5, 5.41) is 0. The van der Waals surface area contributed by atoms with Crippen molar-refractivity contribution in [1.29, 1.82) is 0 Å². The standard InChI is InChI=1S/C21H24O4/c1-3-5-6-7-17-8-10-18(11-9-17)23-16-24-19-12-14-20(15-13-19)25-21(22)4-2/h4,8-15H,2-3,5-7,16H2,1H3. The van der Waals surface area contributed by atoms with Crippen LogP contribution < -0.4 is 14.2 Å². The van der Waals surface area contributed by atoms with Gasteiger partial charge in [-0.05, 0) is 54.8 Å². The van der Waals surface area contributed by atoms with Crippen molar-refractivity contribution >= 4 is 5.97 Å². The fraction of sp³-hybridized carbons (Fsp3) is 0.286. The van der Waals surface area contributed by atoms with Crippen LogP contribution in [0.1, 0.15) is 31.7 Å². The lowest BCUT2D eigenvalue weighted by Gasteiger charge is -2.09. The second-order valence-corrected chi connectivity index (χ2v) is 5.60. The first-order valence-corrected chi connectivity index (χ1v) is 8.50. The zero-order valence-electron chi connectivity index (χ0n) is 14.6. The SMILES string of the molecule is C=CC(=O)Oc1ccc(OCOc2ccc(CCCCC)cc2)cc1. The molecule has 0 fully saturated rings. The Hall–Kier alpha value is -2.75. The van der Waals surface area contributed by atoms with Crippen molar-refractivity contribution in [2.75, 3.05) is 6.79 Å². The number of carbonyl (C=O) groups excluding carboxylic acids is 1. The van der Waals surface area contributed by atoms with Crippen molar-refractivity contribution in [2.24, 2.45) is 0 Å². The van der Waals surface area contributed by atoms with Gasteiger partial charge in [0.2, 0.25) is 6.79 Å². The van der Waals surface area contributed by atoms with Gasteiger partial charge in [0.15, 0.2) is 0 Å². The predicted molar refractivity (Wildman–Crippen MR) is 98.1 cm³/mol. The van der Waals surface area contributed by atoms with Gasteiger partial charge in [0.05, 0.1) is 0 Å². The lowest BCUT2D eigenvalue weighted by atomic mass is 10.1. The Balaban J connectivity index is 1.74. The van der Waals surface area contributed by atoms with Crippen molar-refractivity contribution in [1.82, 2.24) is 0 Å². The highest BCUT2D eigenvalue weighted by Gasteiger charge is 2.01. The van der Waals surface area contributed by atoms with E-state index in [-0.39, 0.29) is 6.79 Å². The highest BCUT2D eigenvalue weighted by atomic mass is 16.7. The summed E-state index contributed by atoms with van der Waals surface area (Å²) in [5.74, 6) is 1.36. The third-order valence-electron chi connectivity index (χ3n) is 3.65. The Morgan fingerprint density at radius 3 is 2.04 bits per heavy atom. The maximum Gasteiger partial charge on any atom is 0.335 e. The Morgan fingerprint density at radius 1 is 0.920 bits per heavy atom. The van der Waals surface area contributed by atoms with Crippen LogP contribution in [0.25, 0.3) is 0 Å². The molecule has 0 atom stereocenters. The van der Waals surface area contributed by atoms with E-state index in [0.29, 0.717) is 11.5 Å². The molecule has 0 heterocycles. The summed E-state index contributed by atoms with van der Waals surface area (Å²) < 4.78 is 16.1. The predicted octanol–water partition coefficient (Wildman–Crippen LogP) is 4.93. The molecule has 0 unspecified atom stereocenters. The molecule has 0 aliphatic carbocycles. The minimum atomic E-state index is -0.491. The van der Waals surface area contributed by atoms with Gasteiger partial charge in [-0.15, -0.1) is 0 Å². The molecule has 0 aliphatic rings. The molecule has 0 saturated heterocycles. The summed E-state index contributed by atoms with van der Waals surface area (Å²) in [5.41, 5.74) is 1.33. The van der Waals surface area contributed by atoms with Crippen molar-refractivity contribution in [3.05, 3.63) is 66.7 Å². The molecule has 2 aromatic rings. The molecule has 0 saturated carbocycles. The fourth-order valence-corrected chi connectivity index (χ4v) is 2.26. The van der Waals surface area contributed by atoms with Crippen LogP contribution in [0.4, 0.5) is 0 Å². The smallest absolute Gasteiger partial charge is 0.335 e. The molecule has 0 amide bonds. The number of rotatable bonds is 10. The minimum Gasteiger partial charge on any atom is -0.458 e. The first kappa shape index (κ1) is 18.6. The van der Waals surface area contributed by atoms with Gasteiger partial charge in [-0.1, -0.05) is 38.5 Å². The van der Waals surface area contributed by atoms with Crippen molar-refractivity contribution in [3.63, 3.8) is 0 Å². The van der Waals surface area contributed by atoms with Crippen molar-refractivity contribution in [3.8, 4) is 17.2 Å². The molecule has 2 rings (SSSR count). The molecule has 0 spiro atoms. The topological polar surface area (TPSA) is 44.8 Å². The molecule has 4 nitrogen and oxygen atoms in total. The summed E-state index contributed by atoms with van der Waals surface area (Å²) in [6.45, 7) is 5.67. The molecule has 0 bridgehead atoms. The van der Waals surface area contributed by atoms with Crippen molar-refractivity contribution in [2.45, 2.75) is 32.6 Å². The van der Waals surface area contributed by atoms with E-state index in [2.05, 4.69) is 25.6 Å². The van der Waals surface area contributed by atoms with Gasteiger partial charge in [0.1, 0.15) is 17.2 Å². The Morgan fingerprint density at radius 2 is 1.48 bits per heavy atom. The van der Waals surface area contributed by atoms with Crippen LogP contribution in [0.15, 0.2) is 61.2 Å². The number of aryl methyl sites for hydroxylation is 1. The summed E-state index contributed by atoms with van der Waals surface area (Å²) >= 11 is 0. The van der Waals surface area contributed by atoms with Crippen LogP contribution in [0.5, 0.6) is 17.2 Å². The summed E-state index contributed by atoms with van der Waals surface area (Å²) in [4.78, 5) is 11.1. The monoisotopic (exact) mass is 340 g/mol. The molecule has 25 heavy (non-hydrogen) atoms. The molecule has 0 aliphatic heterocycles. The molecule has 4 heteroatoms. The average Bonchev–Trinajstić information content (AvgIpc) is 2.64. The quantitative estimate of drug-likeness (QED) is 0.202. The van der Waals surface area contributed by atoms with Crippen molar-refractivity contribution < 1.29 is 19.0 Å². The van der Waals surface area contributed by atoms with Crippen LogP contribution in [0, 0.1) is 0 Å². The van der Waals surface area contributed by atoms with E-state index in [1.54, 1.807) is 24.3 Å². The van der Waals surface area contributed by atoms with E-state index in [1.807, 2.05) is 12.1 Å². The summed E-state index contributed by atoms with van der Waals surface area (Å²) in [7, 11) is 0. The first-order chi connectivity index (χ1) is 12.2. The van der Waals surface area contributed by atoms with Gasteiger partial charge in [0, 0.05) is 6.08 Å². The van der Waals surface area contributed by atoms with Gasteiger partial charge < -0.3 is 14.2 Å². The molecular weight excluding hydrogens is 316 g/mol. The van der Waals surface area contributed by atoms with Gasteiger partial charge in [-0.3, -0.25) is 0 Å². The maximum absolute atomic E-state index is 11.1. The van der Waals surface area contributed by atoms with Gasteiger partial charge in [-0.2, -0.15) is 0 Å². The van der Waals surface area contributed by atoms with Crippen LogP contribution in [-0.2, 0) is 11.2 Å². The molecule has 0 radical (unpaired) electrons. The zero-order valence-corrected chi connectivity index (χ0v) is 14.6. The normalized spacial score (nSPS) is 10.1. The van der Waals surface area contributed by atoms with E-state index in [4.69, 9.17) is 14.2 Å². The molecular formula is C21H24O4. The minimum absolute atomic E-state index is 0.112. The lowest BCUT2D eigenvalue weighted by Crippen LogP contribution is -2.06. The lowest BCUT2D eigenvalue weighted by molar-refractivity contribution is -0.128. The second-order valence-electron chi connectivity index (χ2n) is 5.60. The Bertz CT molecular complexity index is 659. The number of unbranched alkanes of at least 4 members (excludes halogenated alkanes) is 2. The van der Waals surface area contributed by atoms with E-state index >= 15 is 0 Å². The van der Waals surface area contributed by atoms with E-state index in [0.717, 1.165) is 18.2 Å². The van der Waals surface area contributed by atoms with Gasteiger partial charge in [0.25, 0.3) is 0 Å². The second kappa shape index (κ2) is 10.2. The maximum atomic E-state index is 11.1. The van der Waals surface area contributed by atoms with Crippen LogP contribution >= 0.6 is 0 Å². The third-order valence-corrected chi connectivity index (χ3v) is 3.65. The Kier molecular flexibility index (Phi) is 7.57. The van der Waals surface area contributed by atoms with Gasteiger partial charge in [-0.25, -0.2) is 4.79 Å². The van der Waals surface area contributed by atoms with Gasteiger partial charge >= 0.3 is 5.97 Å². The summed E-state index contributed by atoms with van der Waals surface area (Å²) in [6.07, 6.45) is 5.94. The average molecular weight is 340 g/mol. The molecule has 0 N–H and O–H groups in total. The van der Waals surface area contributed by atoms with Crippen LogP contribution in [0.2, 0.25) is 0 Å². The number of hydrogen-bond acceptors (Lipinski definition) is 4. The zero-order chi connectivity index (χ0) is 17.9. The molecule has 0 aromatic heterocycles. The van der Waals surface area contributed by atoms with Crippen LogP contribution in [0.3, 0.4) is 0 Å². The Labute approximate surface area is 149 Å². The highest BCUT2D eigenvalue weighted by molar-refractivity contribution is 5.83. The molecule has 2 aromatic carbocycles.